The van der Waals surface area contributed by atoms with E-state index in [2.05, 4.69) is 28.2 Å². The van der Waals surface area contributed by atoms with Crippen molar-refractivity contribution in [1.82, 2.24) is 0 Å². The Morgan fingerprint density at radius 1 is 0.960 bits per heavy atom. The minimum atomic E-state index is -0.0854. The maximum absolute atomic E-state index is 13.1. The van der Waals surface area contributed by atoms with Crippen LogP contribution >= 0.6 is 15.9 Å². The quantitative estimate of drug-likeness (QED) is 0.644. The van der Waals surface area contributed by atoms with E-state index in [1.165, 1.54) is 12.8 Å². The number of rotatable bonds is 2. The van der Waals surface area contributed by atoms with E-state index in [0.29, 0.717) is 38.7 Å². The number of benzene rings is 2. The van der Waals surface area contributed by atoms with Crippen LogP contribution in [0.4, 0.5) is 5.69 Å². The molecule has 0 heterocycles. The largest absolute Gasteiger partial charge is 0.382 e. The lowest BCUT2D eigenvalue weighted by atomic mass is 9.82. The Hall–Kier alpha value is -1.94. The number of hydrogen-bond acceptors (Lipinski definition) is 3. The lowest BCUT2D eigenvalue weighted by Crippen LogP contribution is -2.29. The first-order valence-electron chi connectivity index (χ1n) is 8.83. The summed E-state index contributed by atoms with van der Waals surface area (Å²) in [6, 6.07) is 11.2. The summed E-state index contributed by atoms with van der Waals surface area (Å²) in [7, 11) is 0. The van der Waals surface area contributed by atoms with Gasteiger partial charge in [0.1, 0.15) is 0 Å². The Bertz CT molecular complexity index is 874. The van der Waals surface area contributed by atoms with Gasteiger partial charge >= 0.3 is 0 Å². The summed E-state index contributed by atoms with van der Waals surface area (Å²) in [4.78, 5) is 26.1. The van der Waals surface area contributed by atoms with Gasteiger partial charge in [0.15, 0.2) is 11.6 Å². The molecule has 128 valence electrons. The summed E-state index contributed by atoms with van der Waals surface area (Å²) in [5.74, 6) is 0.533. The molecule has 0 radical (unpaired) electrons. The molecule has 2 aliphatic carbocycles. The minimum absolute atomic E-state index is 0.0714. The van der Waals surface area contributed by atoms with Gasteiger partial charge in [-0.25, -0.2) is 0 Å². The Balaban J connectivity index is 1.79. The first-order chi connectivity index (χ1) is 12.1. The zero-order chi connectivity index (χ0) is 17.6. The summed E-state index contributed by atoms with van der Waals surface area (Å²) in [5, 5.41) is 3.55. The average Bonchev–Trinajstić information content (AvgIpc) is 2.61. The van der Waals surface area contributed by atoms with Gasteiger partial charge in [0.2, 0.25) is 0 Å². The topological polar surface area (TPSA) is 46.2 Å². The molecule has 2 aliphatic rings. The maximum atomic E-state index is 13.1. The van der Waals surface area contributed by atoms with Crippen molar-refractivity contribution in [2.75, 3.05) is 5.32 Å². The predicted molar refractivity (Wildman–Crippen MR) is 102 cm³/mol. The molecule has 1 fully saturated rings. The van der Waals surface area contributed by atoms with Crippen LogP contribution in [0, 0.1) is 5.92 Å². The first-order valence-corrected chi connectivity index (χ1v) is 9.63. The van der Waals surface area contributed by atoms with Crippen molar-refractivity contribution in [2.45, 2.75) is 38.6 Å². The molecule has 2 unspecified atom stereocenters. The Morgan fingerprint density at radius 3 is 2.32 bits per heavy atom. The molecule has 2 aromatic carbocycles. The number of halogens is 1. The Kier molecular flexibility index (Phi) is 4.24. The summed E-state index contributed by atoms with van der Waals surface area (Å²) in [6.07, 6.45) is 4.67. The third-order valence-corrected chi connectivity index (χ3v) is 5.98. The van der Waals surface area contributed by atoms with E-state index in [1.807, 2.05) is 18.2 Å². The van der Waals surface area contributed by atoms with E-state index in [9.17, 15) is 9.59 Å². The average molecular weight is 398 g/mol. The molecule has 3 nitrogen and oxygen atoms in total. The highest BCUT2D eigenvalue weighted by Gasteiger charge is 2.33. The Labute approximate surface area is 156 Å². The van der Waals surface area contributed by atoms with Gasteiger partial charge < -0.3 is 5.32 Å². The number of ketones is 2. The molecule has 0 amide bonds. The normalized spacial score (nSPS) is 22.3. The molecule has 0 bridgehead atoms. The lowest BCUT2D eigenvalue weighted by molar-refractivity contribution is 0.0979. The second kappa shape index (κ2) is 6.41. The number of hydrogen-bond donors (Lipinski definition) is 1. The van der Waals surface area contributed by atoms with Gasteiger partial charge in [-0.15, -0.1) is 0 Å². The van der Waals surface area contributed by atoms with Crippen molar-refractivity contribution in [1.29, 1.82) is 0 Å². The van der Waals surface area contributed by atoms with E-state index in [0.717, 1.165) is 18.5 Å². The van der Waals surface area contributed by atoms with Crippen LogP contribution in [0.5, 0.6) is 0 Å². The molecule has 4 rings (SSSR count). The molecule has 1 N–H and O–H groups in total. The van der Waals surface area contributed by atoms with Gasteiger partial charge in [0.05, 0.1) is 5.56 Å². The van der Waals surface area contributed by atoms with Gasteiger partial charge in [-0.3, -0.25) is 9.59 Å². The minimum Gasteiger partial charge on any atom is -0.382 e. The number of anilines is 1. The van der Waals surface area contributed by atoms with Gasteiger partial charge in [-0.2, -0.15) is 0 Å². The Morgan fingerprint density at radius 2 is 1.64 bits per heavy atom. The van der Waals surface area contributed by atoms with Crippen LogP contribution in [0.1, 0.15) is 64.4 Å². The number of carbonyl (C=O) groups is 2. The van der Waals surface area contributed by atoms with Gasteiger partial charge in [0.25, 0.3) is 0 Å². The highest BCUT2D eigenvalue weighted by atomic mass is 79.9. The second-order valence-electron chi connectivity index (χ2n) is 7.16. The van der Waals surface area contributed by atoms with Crippen LogP contribution in [0.3, 0.4) is 0 Å². The molecule has 1 saturated carbocycles. The molecule has 0 spiro atoms. The molecule has 4 heteroatoms. The number of fused-ring (bicyclic) bond motifs is 2. The van der Waals surface area contributed by atoms with E-state index >= 15 is 0 Å². The van der Waals surface area contributed by atoms with Crippen LogP contribution in [-0.4, -0.2) is 17.6 Å². The van der Waals surface area contributed by atoms with Crippen molar-refractivity contribution in [3.05, 3.63) is 63.1 Å². The fourth-order valence-corrected chi connectivity index (χ4v) is 4.60. The van der Waals surface area contributed by atoms with E-state index in [-0.39, 0.29) is 11.6 Å². The van der Waals surface area contributed by atoms with Crippen molar-refractivity contribution in [3.63, 3.8) is 0 Å². The molecule has 0 aliphatic heterocycles. The van der Waals surface area contributed by atoms with Crippen LogP contribution in [0.15, 0.2) is 40.9 Å². The van der Waals surface area contributed by atoms with Crippen molar-refractivity contribution < 1.29 is 9.59 Å². The first kappa shape index (κ1) is 16.5. The summed E-state index contributed by atoms with van der Waals surface area (Å²) in [5.41, 5.74) is 2.77. The molecule has 2 aromatic rings. The fourth-order valence-electron chi connectivity index (χ4n) is 4.09. The second-order valence-corrected chi connectivity index (χ2v) is 8.02. The fraction of sp³-hybridized carbons (Fsp3) is 0.333. The summed E-state index contributed by atoms with van der Waals surface area (Å²) >= 11 is 3.47. The van der Waals surface area contributed by atoms with E-state index < -0.39 is 0 Å². The van der Waals surface area contributed by atoms with Crippen LogP contribution in [0.2, 0.25) is 0 Å². The molecular formula is C21H20BrNO2. The molecule has 25 heavy (non-hydrogen) atoms. The van der Waals surface area contributed by atoms with Crippen LogP contribution < -0.4 is 5.32 Å². The van der Waals surface area contributed by atoms with Crippen LogP contribution in [0.25, 0.3) is 0 Å². The molecule has 0 saturated heterocycles. The summed E-state index contributed by atoms with van der Waals surface area (Å²) in [6.45, 7) is 2.27. The SMILES string of the molecule is CC1CCCC(Nc2ccc(Br)c3c2C(=O)c2ccccc2C3=O)C1. The van der Waals surface area contributed by atoms with Gasteiger partial charge in [0, 0.05) is 32.9 Å². The highest BCUT2D eigenvalue weighted by Crippen LogP contribution is 2.37. The zero-order valence-electron chi connectivity index (χ0n) is 14.1. The van der Waals surface area contributed by atoms with Crippen molar-refractivity contribution >= 4 is 33.2 Å². The molecule has 0 aromatic heterocycles. The standard InChI is InChI=1S/C21H20BrNO2/c1-12-5-4-6-13(11-12)23-17-10-9-16(22)18-19(17)21(25)15-8-3-2-7-14(15)20(18)24/h2-3,7-10,12-13,23H,4-6,11H2,1H3. The third kappa shape index (κ3) is 2.82. The monoisotopic (exact) mass is 397 g/mol. The van der Waals surface area contributed by atoms with Crippen molar-refractivity contribution in [3.8, 4) is 0 Å². The molecular weight excluding hydrogens is 378 g/mol. The van der Waals surface area contributed by atoms with Crippen LogP contribution in [-0.2, 0) is 0 Å². The predicted octanol–water partition coefficient (Wildman–Crippen LogP) is 5.22. The maximum Gasteiger partial charge on any atom is 0.196 e. The smallest absolute Gasteiger partial charge is 0.196 e. The van der Waals surface area contributed by atoms with E-state index in [4.69, 9.17) is 0 Å². The highest BCUT2D eigenvalue weighted by molar-refractivity contribution is 9.10. The van der Waals surface area contributed by atoms with E-state index in [1.54, 1.807) is 18.2 Å². The van der Waals surface area contributed by atoms with Crippen molar-refractivity contribution in [2.24, 2.45) is 5.92 Å². The van der Waals surface area contributed by atoms with Gasteiger partial charge in [-0.05, 0) is 30.9 Å². The zero-order valence-corrected chi connectivity index (χ0v) is 15.7. The molecule has 2 atom stereocenters. The summed E-state index contributed by atoms with van der Waals surface area (Å²) < 4.78 is 0.679. The van der Waals surface area contributed by atoms with Gasteiger partial charge in [-0.1, -0.05) is 60.0 Å². The lowest BCUT2D eigenvalue weighted by Gasteiger charge is -2.30. The number of nitrogens with one attached hydrogen (secondary N) is 1. The number of carbonyl (C=O) groups excluding carboxylic acids is 2. The third-order valence-electron chi connectivity index (χ3n) is 5.32.